The molecule has 1 fully saturated rings. The van der Waals surface area contributed by atoms with Gasteiger partial charge in [-0.1, -0.05) is 12.1 Å². The summed E-state index contributed by atoms with van der Waals surface area (Å²) in [5.74, 6) is -1.80. The van der Waals surface area contributed by atoms with Crippen LogP contribution in [0.4, 0.5) is 14.5 Å². The van der Waals surface area contributed by atoms with Crippen molar-refractivity contribution >= 4 is 17.5 Å². The molecule has 6 nitrogen and oxygen atoms in total. The molecule has 154 valence electrons. The highest BCUT2D eigenvalue weighted by molar-refractivity contribution is 5.96. The number of nitrogens with one attached hydrogen (secondary N) is 2. The molecule has 0 aromatic heterocycles. The molecule has 0 saturated carbocycles. The van der Waals surface area contributed by atoms with Gasteiger partial charge in [0.1, 0.15) is 11.6 Å². The van der Waals surface area contributed by atoms with E-state index in [2.05, 4.69) is 20.4 Å². The Labute approximate surface area is 168 Å². The number of benzene rings is 2. The van der Waals surface area contributed by atoms with Gasteiger partial charge in [0.05, 0.1) is 12.1 Å². The minimum atomic E-state index is -0.620. The molecule has 0 radical (unpaired) electrons. The summed E-state index contributed by atoms with van der Waals surface area (Å²) in [4.78, 5) is 28.2. The number of carbonyl (C=O) groups is 2. The van der Waals surface area contributed by atoms with E-state index in [1.54, 1.807) is 18.2 Å². The van der Waals surface area contributed by atoms with E-state index in [1.807, 2.05) is 0 Å². The van der Waals surface area contributed by atoms with Crippen LogP contribution < -0.4 is 15.5 Å². The highest BCUT2D eigenvalue weighted by Gasteiger charge is 2.17. The molecule has 0 atom stereocenters. The molecule has 0 unspecified atom stereocenters. The zero-order valence-corrected chi connectivity index (χ0v) is 16.0. The lowest BCUT2D eigenvalue weighted by Gasteiger charge is -2.36. The molecule has 0 aliphatic carbocycles. The second-order valence-electron chi connectivity index (χ2n) is 6.82. The summed E-state index contributed by atoms with van der Waals surface area (Å²) in [5.41, 5.74) is 0.921. The van der Waals surface area contributed by atoms with Crippen molar-refractivity contribution in [2.24, 2.45) is 0 Å². The molecule has 1 saturated heterocycles. The second-order valence-corrected chi connectivity index (χ2v) is 6.82. The van der Waals surface area contributed by atoms with Crippen LogP contribution in [0.1, 0.15) is 10.4 Å². The highest BCUT2D eigenvalue weighted by Crippen LogP contribution is 2.16. The van der Waals surface area contributed by atoms with Crippen LogP contribution in [-0.4, -0.2) is 62.5 Å². The molecule has 0 spiro atoms. The molecular formula is C21H24F2N4O2. The summed E-state index contributed by atoms with van der Waals surface area (Å²) in [6.45, 7) is 4.31. The summed E-state index contributed by atoms with van der Waals surface area (Å²) in [5, 5.41) is 5.17. The standard InChI is InChI=1S/C21H24F2N4O2/c22-16-5-7-17(8-6-16)27-13-11-26(12-14-27)10-9-24-20(28)15-25-21(29)18-3-1-2-4-19(18)23/h1-8H,9-15H2,(H,24,28)(H,25,29). The van der Waals surface area contributed by atoms with E-state index in [0.29, 0.717) is 13.1 Å². The minimum Gasteiger partial charge on any atom is -0.369 e. The van der Waals surface area contributed by atoms with Crippen LogP contribution in [0.15, 0.2) is 48.5 Å². The lowest BCUT2D eigenvalue weighted by molar-refractivity contribution is -0.120. The van der Waals surface area contributed by atoms with Crippen LogP contribution in [0.5, 0.6) is 0 Å². The van der Waals surface area contributed by atoms with Gasteiger partial charge in [0.15, 0.2) is 0 Å². The maximum atomic E-state index is 13.5. The van der Waals surface area contributed by atoms with Crippen molar-refractivity contribution in [3.8, 4) is 0 Å². The summed E-state index contributed by atoms with van der Waals surface area (Å²) in [7, 11) is 0. The van der Waals surface area contributed by atoms with Crippen molar-refractivity contribution in [1.82, 2.24) is 15.5 Å². The van der Waals surface area contributed by atoms with E-state index >= 15 is 0 Å². The lowest BCUT2D eigenvalue weighted by atomic mass is 10.2. The third-order valence-electron chi connectivity index (χ3n) is 4.84. The fraction of sp³-hybridized carbons (Fsp3) is 0.333. The van der Waals surface area contributed by atoms with Crippen LogP contribution in [0, 0.1) is 11.6 Å². The largest absolute Gasteiger partial charge is 0.369 e. The Morgan fingerprint density at radius 1 is 0.897 bits per heavy atom. The fourth-order valence-electron chi connectivity index (χ4n) is 3.20. The van der Waals surface area contributed by atoms with Crippen molar-refractivity contribution in [3.05, 3.63) is 65.7 Å². The Balaban J connectivity index is 1.32. The van der Waals surface area contributed by atoms with Gasteiger partial charge in [-0.2, -0.15) is 0 Å². The van der Waals surface area contributed by atoms with Gasteiger partial charge >= 0.3 is 0 Å². The van der Waals surface area contributed by atoms with E-state index in [-0.39, 0.29) is 23.8 Å². The number of hydrogen-bond donors (Lipinski definition) is 2. The zero-order valence-electron chi connectivity index (χ0n) is 16.0. The molecule has 8 heteroatoms. The van der Waals surface area contributed by atoms with Gasteiger partial charge in [-0.25, -0.2) is 8.78 Å². The molecule has 3 rings (SSSR count). The van der Waals surface area contributed by atoms with Gasteiger partial charge in [0, 0.05) is 45.0 Å². The van der Waals surface area contributed by atoms with Crippen molar-refractivity contribution in [2.75, 3.05) is 50.7 Å². The first-order valence-electron chi connectivity index (χ1n) is 9.55. The van der Waals surface area contributed by atoms with Crippen LogP contribution in [-0.2, 0) is 4.79 Å². The summed E-state index contributed by atoms with van der Waals surface area (Å²) >= 11 is 0. The van der Waals surface area contributed by atoms with Gasteiger partial charge in [-0.05, 0) is 36.4 Å². The molecule has 0 bridgehead atoms. The number of rotatable bonds is 7. The minimum absolute atomic E-state index is 0.0840. The molecule has 2 aromatic rings. The van der Waals surface area contributed by atoms with E-state index in [1.165, 1.54) is 30.3 Å². The number of carbonyl (C=O) groups excluding carboxylic acids is 2. The first-order chi connectivity index (χ1) is 14.0. The van der Waals surface area contributed by atoms with Gasteiger partial charge in [0.25, 0.3) is 5.91 Å². The van der Waals surface area contributed by atoms with Gasteiger partial charge < -0.3 is 15.5 Å². The number of piperazine rings is 1. The van der Waals surface area contributed by atoms with E-state index in [0.717, 1.165) is 31.9 Å². The Bertz CT molecular complexity index is 837. The van der Waals surface area contributed by atoms with Crippen molar-refractivity contribution in [1.29, 1.82) is 0 Å². The highest BCUT2D eigenvalue weighted by atomic mass is 19.1. The second kappa shape index (κ2) is 9.97. The number of anilines is 1. The summed E-state index contributed by atoms with van der Waals surface area (Å²) in [6.07, 6.45) is 0. The average molecular weight is 402 g/mol. The molecule has 2 amide bonds. The molecule has 1 heterocycles. The predicted octanol–water partition coefficient (Wildman–Crippen LogP) is 1.63. The molecule has 1 aliphatic heterocycles. The molecule has 29 heavy (non-hydrogen) atoms. The monoisotopic (exact) mass is 402 g/mol. The number of nitrogens with zero attached hydrogens (tertiary/aromatic N) is 2. The Kier molecular flexibility index (Phi) is 7.13. The Hall–Kier alpha value is -3.00. The van der Waals surface area contributed by atoms with Crippen LogP contribution in [0.3, 0.4) is 0 Å². The molecule has 2 N–H and O–H groups in total. The van der Waals surface area contributed by atoms with Crippen molar-refractivity contribution in [3.63, 3.8) is 0 Å². The van der Waals surface area contributed by atoms with E-state index in [9.17, 15) is 18.4 Å². The first-order valence-corrected chi connectivity index (χ1v) is 9.55. The van der Waals surface area contributed by atoms with Crippen molar-refractivity contribution in [2.45, 2.75) is 0 Å². The number of halogens is 2. The predicted molar refractivity (Wildman–Crippen MR) is 107 cm³/mol. The van der Waals surface area contributed by atoms with E-state index in [4.69, 9.17) is 0 Å². The first kappa shape index (κ1) is 20.7. The summed E-state index contributed by atoms with van der Waals surface area (Å²) in [6, 6.07) is 12.1. The topological polar surface area (TPSA) is 64.7 Å². The smallest absolute Gasteiger partial charge is 0.254 e. The third-order valence-corrected chi connectivity index (χ3v) is 4.84. The lowest BCUT2D eigenvalue weighted by Crippen LogP contribution is -2.49. The van der Waals surface area contributed by atoms with Crippen LogP contribution in [0.25, 0.3) is 0 Å². The van der Waals surface area contributed by atoms with Gasteiger partial charge in [-0.15, -0.1) is 0 Å². The zero-order chi connectivity index (χ0) is 20.6. The normalized spacial score (nSPS) is 14.5. The number of amides is 2. The van der Waals surface area contributed by atoms with Gasteiger partial charge in [0.2, 0.25) is 5.91 Å². The van der Waals surface area contributed by atoms with Crippen LogP contribution >= 0.6 is 0 Å². The third kappa shape index (κ3) is 5.99. The van der Waals surface area contributed by atoms with Gasteiger partial charge in [-0.3, -0.25) is 14.5 Å². The molecular weight excluding hydrogens is 378 g/mol. The quantitative estimate of drug-likeness (QED) is 0.739. The molecule has 1 aliphatic rings. The molecule has 2 aromatic carbocycles. The maximum Gasteiger partial charge on any atom is 0.254 e. The fourth-order valence-corrected chi connectivity index (χ4v) is 3.20. The van der Waals surface area contributed by atoms with Crippen LogP contribution in [0.2, 0.25) is 0 Å². The Morgan fingerprint density at radius 3 is 2.28 bits per heavy atom. The Morgan fingerprint density at radius 2 is 1.59 bits per heavy atom. The average Bonchev–Trinajstić information content (AvgIpc) is 2.73. The van der Waals surface area contributed by atoms with Crippen molar-refractivity contribution < 1.29 is 18.4 Å². The summed E-state index contributed by atoms with van der Waals surface area (Å²) < 4.78 is 26.6. The SMILES string of the molecule is O=C(CNC(=O)c1ccccc1F)NCCN1CCN(c2ccc(F)cc2)CC1. The number of hydrogen-bond acceptors (Lipinski definition) is 4. The van der Waals surface area contributed by atoms with E-state index < -0.39 is 11.7 Å². The maximum absolute atomic E-state index is 13.5.